The lowest BCUT2D eigenvalue weighted by Gasteiger charge is -2.07. The van der Waals surface area contributed by atoms with Crippen molar-refractivity contribution < 1.29 is 18.3 Å². The van der Waals surface area contributed by atoms with Gasteiger partial charge >= 0.3 is 5.97 Å². The highest BCUT2D eigenvalue weighted by Gasteiger charge is 2.14. The second-order valence-electron chi connectivity index (χ2n) is 5.22. The predicted molar refractivity (Wildman–Crippen MR) is 81.7 cm³/mol. The first-order valence-corrected chi connectivity index (χ1v) is 7.05. The quantitative estimate of drug-likeness (QED) is 0.693. The van der Waals surface area contributed by atoms with Crippen molar-refractivity contribution >= 4 is 11.6 Å². The van der Waals surface area contributed by atoms with Crippen LogP contribution in [0.2, 0.25) is 0 Å². The van der Waals surface area contributed by atoms with Crippen LogP contribution in [-0.2, 0) is 11.3 Å². The maximum Gasteiger partial charge on any atom is 0.341 e. The summed E-state index contributed by atoms with van der Waals surface area (Å²) in [7, 11) is 0. The Morgan fingerprint density at radius 3 is 2.75 bits per heavy atom. The molecule has 0 aliphatic carbocycles. The molecule has 0 aliphatic rings. The maximum atomic E-state index is 13.5. The van der Waals surface area contributed by atoms with E-state index >= 15 is 0 Å². The third-order valence-electron chi connectivity index (χ3n) is 3.36. The van der Waals surface area contributed by atoms with Crippen LogP contribution in [-0.4, -0.2) is 15.4 Å². The van der Waals surface area contributed by atoms with Crippen LogP contribution >= 0.6 is 0 Å². The van der Waals surface area contributed by atoms with E-state index in [2.05, 4.69) is 4.98 Å². The van der Waals surface area contributed by atoms with Gasteiger partial charge < -0.3 is 4.74 Å². The third kappa shape index (κ3) is 3.15. The fraction of sp³-hybridized carbons (Fsp3) is 0.118. The highest BCUT2D eigenvalue weighted by Crippen LogP contribution is 2.12. The number of halogens is 2. The first-order chi connectivity index (χ1) is 11.4. The average Bonchev–Trinajstić information content (AvgIpc) is 2.53. The van der Waals surface area contributed by atoms with Crippen LogP contribution < -0.4 is 5.56 Å². The van der Waals surface area contributed by atoms with Crippen molar-refractivity contribution in [3.8, 4) is 0 Å². The van der Waals surface area contributed by atoms with Gasteiger partial charge in [-0.3, -0.25) is 9.20 Å². The Labute approximate surface area is 135 Å². The van der Waals surface area contributed by atoms with E-state index in [-0.39, 0.29) is 23.4 Å². The van der Waals surface area contributed by atoms with Crippen molar-refractivity contribution in [1.82, 2.24) is 9.38 Å². The summed E-state index contributed by atoms with van der Waals surface area (Å²) in [5.74, 6) is -2.76. The number of carbonyl (C=O) groups excluding carboxylic acids is 1. The van der Waals surface area contributed by atoms with Gasteiger partial charge in [-0.15, -0.1) is 0 Å². The summed E-state index contributed by atoms with van der Waals surface area (Å²) in [6.07, 6.45) is 1.65. The average molecular weight is 330 g/mol. The normalized spacial score (nSPS) is 10.8. The number of hydrogen-bond donors (Lipinski definition) is 0. The first-order valence-electron chi connectivity index (χ1n) is 7.05. The number of ether oxygens (including phenoxy) is 1. The van der Waals surface area contributed by atoms with Crippen LogP contribution in [0.5, 0.6) is 0 Å². The molecule has 0 bridgehead atoms. The largest absolute Gasteiger partial charge is 0.455 e. The molecule has 0 atom stereocenters. The van der Waals surface area contributed by atoms with Gasteiger partial charge in [0, 0.05) is 18.3 Å². The molecule has 0 spiro atoms. The minimum atomic E-state index is -1.01. The number of benzene rings is 1. The Morgan fingerprint density at radius 1 is 1.21 bits per heavy atom. The monoisotopic (exact) mass is 330 g/mol. The molecule has 1 aromatic carbocycles. The van der Waals surface area contributed by atoms with Crippen molar-refractivity contribution in [2.24, 2.45) is 0 Å². The molecule has 0 unspecified atom stereocenters. The van der Waals surface area contributed by atoms with Crippen LogP contribution in [0.3, 0.4) is 0 Å². The smallest absolute Gasteiger partial charge is 0.341 e. The Hall–Kier alpha value is -3.09. The number of fused-ring (bicyclic) bond motifs is 1. The van der Waals surface area contributed by atoms with E-state index in [1.54, 1.807) is 18.3 Å². The van der Waals surface area contributed by atoms with E-state index in [1.165, 1.54) is 10.5 Å². The lowest BCUT2D eigenvalue weighted by molar-refractivity contribution is 0.0462. The molecule has 0 N–H and O–H groups in total. The number of hydrogen-bond acceptors (Lipinski definition) is 4. The molecule has 24 heavy (non-hydrogen) atoms. The molecule has 0 saturated carbocycles. The maximum absolute atomic E-state index is 13.5. The second-order valence-corrected chi connectivity index (χ2v) is 5.22. The summed E-state index contributed by atoms with van der Waals surface area (Å²) in [6, 6.07) is 7.26. The number of nitrogens with zero attached hydrogens (tertiary/aromatic N) is 2. The fourth-order valence-corrected chi connectivity index (χ4v) is 2.20. The zero-order chi connectivity index (χ0) is 17.3. The summed E-state index contributed by atoms with van der Waals surface area (Å²) in [4.78, 5) is 28.1. The molecule has 0 saturated heterocycles. The van der Waals surface area contributed by atoms with E-state index in [4.69, 9.17) is 4.74 Å². The fourth-order valence-electron chi connectivity index (χ4n) is 2.20. The molecule has 7 heteroatoms. The molecule has 0 fully saturated rings. The number of carbonyl (C=O) groups is 1. The van der Waals surface area contributed by atoms with E-state index in [9.17, 15) is 18.4 Å². The van der Waals surface area contributed by atoms with E-state index in [0.717, 1.165) is 17.7 Å². The molecule has 0 radical (unpaired) electrons. The van der Waals surface area contributed by atoms with Crippen LogP contribution in [0.25, 0.3) is 5.65 Å². The summed E-state index contributed by atoms with van der Waals surface area (Å²) in [6.45, 7) is 1.55. The van der Waals surface area contributed by atoms with Gasteiger partial charge in [0.15, 0.2) is 0 Å². The highest BCUT2D eigenvalue weighted by molar-refractivity contribution is 5.89. The van der Waals surface area contributed by atoms with E-state index < -0.39 is 17.6 Å². The van der Waals surface area contributed by atoms with Gasteiger partial charge in [0.1, 0.15) is 23.9 Å². The van der Waals surface area contributed by atoms with Crippen molar-refractivity contribution in [3.05, 3.63) is 81.4 Å². The summed E-state index contributed by atoms with van der Waals surface area (Å²) >= 11 is 0. The van der Waals surface area contributed by atoms with Gasteiger partial charge in [-0.05, 0) is 30.7 Å². The summed E-state index contributed by atoms with van der Waals surface area (Å²) < 4.78 is 32.7. The Morgan fingerprint density at radius 2 is 2.00 bits per heavy atom. The van der Waals surface area contributed by atoms with Crippen molar-refractivity contribution in [3.63, 3.8) is 0 Å². The lowest BCUT2D eigenvalue weighted by Crippen LogP contribution is -2.17. The minimum Gasteiger partial charge on any atom is -0.455 e. The van der Waals surface area contributed by atoms with E-state index in [1.807, 2.05) is 6.92 Å². The van der Waals surface area contributed by atoms with Gasteiger partial charge in [0.25, 0.3) is 5.56 Å². The van der Waals surface area contributed by atoms with Crippen LogP contribution in [0.4, 0.5) is 8.78 Å². The molecule has 5 nitrogen and oxygen atoms in total. The number of aromatic nitrogens is 2. The molecule has 2 heterocycles. The Kier molecular flexibility index (Phi) is 4.07. The third-order valence-corrected chi connectivity index (χ3v) is 3.36. The number of aryl methyl sites for hydroxylation is 1. The zero-order valence-electron chi connectivity index (χ0n) is 12.6. The van der Waals surface area contributed by atoms with Gasteiger partial charge in [-0.2, -0.15) is 0 Å². The van der Waals surface area contributed by atoms with Gasteiger partial charge in [-0.25, -0.2) is 18.6 Å². The Bertz CT molecular complexity index is 999. The Balaban J connectivity index is 1.81. The van der Waals surface area contributed by atoms with Gasteiger partial charge in [0.2, 0.25) is 0 Å². The lowest BCUT2D eigenvalue weighted by atomic mass is 10.2. The molecule has 3 rings (SSSR count). The van der Waals surface area contributed by atoms with Crippen molar-refractivity contribution in [2.45, 2.75) is 13.5 Å². The summed E-state index contributed by atoms with van der Waals surface area (Å²) in [5.41, 5.74) is 0.844. The first kappa shape index (κ1) is 15.8. The van der Waals surface area contributed by atoms with Gasteiger partial charge in [0.05, 0.1) is 11.3 Å². The van der Waals surface area contributed by atoms with Crippen molar-refractivity contribution in [2.75, 3.05) is 0 Å². The van der Waals surface area contributed by atoms with Crippen LogP contribution in [0, 0.1) is 18.6 Å². The molecular formula is C17H12F2N2O3. The van der Waals surface area contributed by atoms with Gasteiger partial charge in [-0.1, -0.05) is 6.07 Å². The SMILES string of the molecule is Cc1ccc2nc(COC(=O)c3ccc(F)cc3F)cc(=O)n2c1. The minimum absolute atomic E-state index is 0.236. The number of rotatable bonds is 3. The van der Waals surface area contributed by atoms with Crippen LogP contribution in [0.15, 0.2) is 47.4 Å². The highest BCUT2D eigenvalue weighted by atomic mass is 19.1. The molecular weight excluding hydrogens is 318 g/mol. The number of esters is 1. The molecule has 0 amide bonds. The zero-order valence-corrected chi connectivity index (χ0v) is 12.6. The second kappa shape index (κ2) is 6.19. The van der Waals surface area contributed by atoms with Crippen LogP contribution in [0.1, 0.15) is 21.6 Å². The standard InChI is InChI=1S/C17H12F2N2O3/c1-10-2-5-15-20-12(7-16(22)21(15)8-10)9-24-17(23)13-4-3-11(18)6-14(13)19/h2-8H,9H2,1H3. The molecule has 2 aromatic heterocycles. The molecule has 0 aliphatic heterocycles. The molecule has 3 aromatic rings. The topological polar surface area (TPSA) is 60.7 Å². The molecule has 122 valence electrons. The summed E-state index contributed by atoms with van der Waals surface area (Å²) in [5, 5.41) is 0. The number of pyridine rings is 1. The van der Waals surface area contributed by atoms with E-state index in [0.29, 0.717) is 11.7 Å². The predicted octanol–water partition coefficient (Wildman–Crippen LogP) is 2.64. The van der Waals surface area contributed by atoms with Crippen molar-refractivity contribution in [1.29, 1.82) is 0 Å².